The summed E-state index contributed by atoms with van der Waals surface area (Å²) in [5.41, 5.74) is 1.22. The summed E-state index contributed by atoms with van der Waals surface area (Å²) in [4.78, 5) is 6.90. The van der Waals surface area contributed by atoms with Crippen LogP contribution in [0.2, 0.25) is 0 Å². The van der Waals surface area contributed by atoms with Gasteiger partial charge in [-0.3, -0.25) is 4.68 Å². The van der Waals surface area contributed by atoms with Crippen LogP contribution in [-0.4, -0.2) is 32.2 Å². The number of nitrogens with zero attached hydrogens (tertiary/aromatic N) is 5. The molecule has 0 saturated carbocycles. The summed E-state index contributed by atoms with van der Waals surface area (Å²) < 4.78 is 6.44. The molecule has 5 nitrogen and oxygen atoms in total. The monoisotopic (exact) mass is 277 g/mol. The van der Waals surface area contributed by atoms with Crippen LogP contribution in [0.3, 0.4) is 0 Å². The molecule has 0 amide bonds. The van der Waals surface area contributed by atoms with Crippen molar-refractivity contribution in [3.05, 3.63) is 23.8 Å². The fourth-order valence-corrected chi connectivity index (χ4v) is 3.09. The van der Waals surface area contributed by atoms with Gasteiger partial charge in [0.2, 0.25) is 5.13 Å². The molecule has 3 rings (SSSR count). The Morgan fingerprint density at radius 3 is 2.79 bits per heavy atom. The minimum atomic E-state index is 0.411. The molecule has 1 aliphatic rings. The van der Waals surface area contributed by atoms with Crippen molar-refractivity contribution in [3.63, 3.8) is 0 Å². The molecule has 0 N–H and O–H groups in total. The summed E-state index contributed by atoms with van der Waals surface area (Å²) in [7, 11) is 0. The smallest absolute Gasteiger partial charge is 0.205 e. The largest absolute Gasteiger partial charge is 0.346 e. The number of hydrogen-bond donors (Lipinski definition) is 0. The topological polar surface area (TPSA) is 46.8 Å². The van der Waals surface area contributed by atoms with Gasteiger partial charge in [-0.25, -0.2) is 4.98 Å². The van der Waals surface area contributed by atoms with Crippen molar-refractivity contribution < 1.29 is 0 Å². The van der Waals surface area contributed by atoms with E-state index in [-0.39, 0.29) is 0 Å². The van der Waals surface area contributed by atoms with Crippen molar-refractivity contribution in [1.82, 2.24) is 19.1 Å². The summed E-state index contributed by atoms with van der Waals surface area (Å²) >= 11 is 1.52. The van der Waals surface area contributed by atoms with E-state index in [0.29, 0.717) is 11.8 Å². The van der Waals surface area contributed by atoms with E-state index < -0.39 is 0 Å². The quantitative estimate of drug-likeness (QED) is 0.860. The van der Waals surface area contributed by atoms with Crippen molar-refractivity contribution in [2.75, 3.05) is 18.0 Å². The molecule has 0 spiro atoms. The van der Waals surface area contributed by atoms with Crippen molar-refractivity contribution in [1.29, 1.82) is 0 Å². The Balaban J connectivity index is 1.54. The Labute approximate surface area is 117 Å². The lowest BCUT2D eigenvalue weighted by Gasteiger charge is -2.38. The molecule has 0 aliphatic carbocycles. The van der Waals surface area contributed by atoms with Crippen LogP contribution in [0, 0.1) is 12.8 Å². The molecular weight excluding hydrogens is 258 g/mol. The molecule has 2 aromatic heterocycles. The third-order valence-electron chi connectivity index (χ3n) is 3.38. The maximum Gasteiger partial charge on any atom is 0.205 e. The Bertz CT molecular complexity index is 553. The maximum atomic E-state index is 4.59. The summed E-state index contributed by atoms with van der Waals surface area (Å²) in [6.45, 7) is 9.46. The third-order valence-corrected chi connectivity index (χ3v) is 4.17. The van der Waals surface area contributed by atoms with Gasteiger partial charge < -0.3 is 4.90 Å². The first-order valence-corrected chi connectivity index (χ1v) is 7.47. The number of anilines is 1. The van der Waals surface area contributed by atoms with Crippen LogP contribution < -0.4 is 4.90 Å². The SMILES string of the molecule is Cc1cnn(CC2CN(c3nc(C(C)C)ns3)C2)c1. The number of aromatic nitrogens is 4. The normalized spacial score (nSPS) is 16.1. The van der Waals surface area contributed by atoms with E-state index in [9.17, 15) is 0 Å². The minimum absolute atomic E-state index is 0.411. The minimum Gasteiger partial charge on any atom is -0.346 e. The molecular formula is C13H19N5S. The fraction of sp³-hybridized carbons (Fsp3) is 0.615. The maximum absolute atomic E-state index is 4.59. The standard InChI is InChI=1S/C13H19N5S/c1-9(2)12-15-13(19-16-12)17-6-11(7-17)8-18-5-10(3)4-14-18/h4-5,9,11H,6-8H2,1-3H3. The summed E-state index contributed by atoms with van der Waals surface area (Å²) in [5, 5.41) is 5.40. The zero-order valence-corrected chi connectivity index (χ0v) is 12.4. The number of rotatable bonds is 4. The van der Waals surface area contributed by atoms with E-state index in [1.807, 2.05) is 10.9 Å². The predicted octanol–water partition coefficient (Wildman–Crippen LogP) is 2.30. The third kappa shape index (κ3) is 2.63. The van der Waals surface area contributed by atoms with Gasteiger partial charge in [0.1, 0.15) is 5.82 Å². The molecule has 6 heteroatoms. The van der Waals surface area contributed by atoms with Crippen LogP contribution in [0.5, 0.6) is 0 Å². The highest BCUT2D eigenvalue weighted by molar-refractivity contribution is 7.09. The Morgan fingerprint density at radius 1 is 1.42 bits per heavy atom. The van der Waals surface area contributed by atoms with Crippen LogP contribution in [0.1, 0.15) is 31.2 Å². The second-order valence-corrected chi connectivity index (χ2v) is 6.33. The predicted molar refractivity (Wildman–Crippen MR) is 76.7 cm³/mol. The molecule has 102 valence electrons. The molecule has 0 atom stereocenters. The Kier molecular flexibility index (Phi) is 3.26. The van der Waals surface area contributed by atoms with Gasteiger partial charge in [-0.15, -0.1) is 0 Å². The van der Waals surface area contributed by atoms with Gasteiger partial charge in [-0.05, 0) is 12.5 Å². The zero-order chi connectivity index (χ0) is 13.4. The van der Waals surface area contributed by atoms with E-state index in [1.54, 1.807) is 0 Å². The fourth-order valence-electron chi connectivity index (χ4n) is 2.26. The summed E-state index contributed by atoms with van der Waals surface area (Å²) in [5.74, 6) is 2.05. The molecule has 1 fully saturated rings. The number of aryl methyl sites for hydroxylation is 1. The van der Waals surface area contributed by atoms with E-state index >= 15 is 0 Å². The van der Waals surface area contributed by atoms with Crippen LogP contribution >= 0.6 is 11.5 Å². The first-order valence-electron chi connectivity index (χ1n) is 6.69. The van der Waals surface area contributed by atoms with Crippen molar-refractivity contribution >= 4 is 16.7 Å². The summed E-state index contributed by atoms with van der Waals surface area (Å²) in [6.07, 6.45) is 4.01. The van der Waals surface area contributed by atoms with Gasteiger partial charge in [0.25, 0.3) is 0 Å². The van der Waals surface area contributed by atoms with Crippen LogP contribution in [0.4, 0.5) is 5.13 Å². The number of hydrogen-bond acceptors (Lipinski definition) is 5. The second kappa shape index (κ2) is 4.92. The Morgan fingerprint density at radius 2 is 2.21 bits per heavy atom. The lowest BCUT2D eigenvalue weighted by molar-refractivity contribution is 0.342. The van der Waals surface area contributed by atoms with E-state index in [4.69, 9.17) is 0 Å². The molecule has 1 aliphatic heterocycles. The molecule has 19 heavy (non-hydrogen) atoms. The first-order chi connectivity index (χ1) is 9.11. The highest BCUT2D eigenvalue weighted by Gasteiger charge is 2.29. The highest BCUT2D eigenvalue weighted by Crippen LogP contribution is 2.28. The van der Waals surface area contributed by atoms with Crippen LogP contribution in [0.15, 0.2) is 12.4 Å². The van der Waals surface area contributed by atoms with Gasteiger partial charge in [-0.1, -0.05) is 13.8 Å². The Hall–Kier alpha value is -1.43. The van der Waals surface area contributed by atoms with Gasteiger partial charge in [0, 0.05) is 49.2 Å². The van der Waals surface area contributed by atoms with E-state index in [1.165, 1.54) is 17.1 Å². The van der Waals surface area contributed by atoms with Crippen LogP contribution in [-0.2, 0) is 6.54 Å². The van der Waals surface area contributed by atoms with E-state index in [0.717, 1.165) is 30.6 Å². The van der Waals surface area contributed by atoms with Gasteiger partial charge in [-0.2, -0.15) is 9.47 Å². The molecule has 2 aromatic rings. The average Bonchev–Trinajstić information content (AvgIpc) is 2.91. The van der Waals surface area contributed by atoms with Crippen LogP contribution in [0.25, 0.3) is 0 Å². The van der Waals surface area contributed by atoms with Gasteiger partial charge >= 0.3 is 0 Å². The van der Waals surface area contributed by atoms with Gasteiger partial charge in [0.05, 0.1) is 6.20 Å². The molecule has 0 bridgehead atoms. The zero-order valence-electron chi connectivity index (χ0n) is 11.6. The van der Waals surface area contributed by atoms with Crippen molar-refractivity contribution in [3.8, 4) is 0 Å². The first kappa shape index (κ1) is 12.6. The van der Waals surface area contributed by atoms with Crippen molar-refractivity contribution in [2.45, 2.75) is 33.2 Å². The molecule has 0 radical (unpaired) electrons. The lowest BCUT2D eigenvalue weighted by Crippen LogP contribution is -2.48. The molecule has 0 aromatic carbocycles. The van der Waals surface area contributed by atoms with E-state index in [2.05, 4.69) is 46.3 Å². The molecule has 3 heterocycles. The second-order valence-electron chi connectivity index (χ2n) is 5.60. The average molecular weight is 277 g/mol. The summed E-state index contributed by atoms with van der Waals surface area (Å²) in [6, 6.07) is 0. The molecule has 0 unspecified atom stereocenters. The highest BCUT2D eigenvalue weighted by atomic mass is 32.1. The lowest BCUT2D eigenvalue weighted by atomic mass is 10.0. The van der Waals surface area contributed by atoms with Gasteiger partial charge in [0.15, 0.2) is 0 Å². The van der Waals surface area contributed by atoms with Crippen molar-refractivity contribution in [2.24, 2.45) is 5.92 Å². The molecule has 1 saturated heterocycles.